The number of benzene rings is 1. The Balaban J connectivity index is 1.54. The second kappa shape index (κ2) is 15.1. The highest BCUT2D eigenvalue weighted by molar-refractivity contribution is 5.95. The van der Waals surface area contributed by atoms with Gasteiger partial charge in [-0.05, 0) is 43.9 Å². The monoisotopic (exact) mass is 486 g/mol. The van der Waals surface area contributed by atoms with Crippen LogP contribution in [0.5, 0.6) is 0 Å². The van der Waals surface area contributed by atoms with Crippen LogP contribution in [0.1, 0.15) is 49.4 Å². The van der Waals surface area contributed by atoms with Crippen molar-refractivity contribution in [3.63, 3.8) is 0 Å². The first kappa shape index (κ1) is 26.6. The van der Waals surface area contributed by atoms with Gasteiger partial charge >= 0.3 is 0 Å². The maximum absolute atomic E-state index is 12.5. The van der Waals surface area contributed by atoms with E-state index in [0.29, 0.717) is 74.7 Å². The van der Waals surface area contributed by atoms with Crippen LogP contribution in [0.2, 0.25) is 0 Å². The van der Waals surface area contributed by atoms with Crippen molar-refractivity contribution in [3.8, 4) is 0 Å². The summed E-state index contributed by atoms with van der Waals surface area (Å²) in [5.74, 6) is 1.32. The smallest absolute Gasteiger partial charge is 0.251 e. The normalized spacial score (nSPS) is 13.2. The third-order valence-corrected chi connectivity index (χ3v) is 5.43. The molecule has 2 aromatic rings. The maximum atomic E-state index is 12.5. The molecule has 1 heterocycles. The summed E-state index contributed by atoms with van der Waals surface area (Å²) in [6, 6.07) is 7.62. The first-order valence-corrected chi connectivity index (χ1v) is 12.4. The summed E-state index contributed by atoms with van der Waals surface area (Å²) in [5.41, 5.74) is 6.61. The van der Waals surface area contributed by atoms with Crippen LogP contribution < -0.4 is 27.0 Å². The summed E-state index contributed by atoms with van der Waals surface area (Å²) in [6.07, 6.45) is 5.58. The fourth-order valence-electron chi connectivity index (χ4n) is 3.30. The number of amides is 1. The Hall–Kier alpha value is -3.02. The Labute approximate surface area is 207 Å². The molecular formula is C24H38N8O3. The lowest BCUT2D eigenvalue weighted by Crippen LogP contribution is -2.28. The van der Waals surface area contributed by atoms with Crippen molar-refractivity contribution in [1.29, 1.82) is 0 Å². The molecule has 0 radical (unpaired) electrons. The quantitative estimate of drug-likeness (QED) is 0.211. The zero-order valence-electron chi connectivity index (χ0n) is 20.5. The van der Waals surface area contributed by atoms with Gasteiger partial charge in [0.25, 0.3) is 5.91 Å². The SMILES string of the molecule is CCCCNc1nc(Nc2cccc(C(=O)NCCOCCOCCN)c2)nc(NC2CCC2)n1. The number of nitrogens with zero attached hydrogens (tertiary/aromatic N) is 3. The molecule has 6 N–H and O–H groups in total. The lowest BCUT2D eigenvalue weighted by atomic mass is 9.93. The van der Waals surface area contributed by atoms with Gasteiger partial charge in [-0.3, -0.25) is 4.79 Å². The number of rotatable bonds is 17. The molecule has 1 amide bonds. The standard InChI is InChI=1S/C24H38N8O3/c1-2-3-11-27-22-30-23(28-19-7-5-8-19)32-24(31-22)29-20-9-4-6-18(17-20)21(33)26-12-14-35-16-15-34-13-10-25/h4,6,9,17,19H,2-3,5,7-8,10-16,25H2,1H3,(H,26,33)(H3,27,28,29,30,31,32). The lowest BCUT2D eigenvalue weighted by Gasteiger charge is -2.26. The van der Waals surface area contributed by atoms with Crippen LogP contribution in [0.25, 0.3) is 0 Å². The first-order chi connectivity index (χ1) is 17.2. The molecular weight excluding hydrogens is 448 g/mol. The van der Waals surface area contributed by atoms with Crippen LogP contribution in [0, 0.1) is 0 Å². The predicted octanol–water partition coefficient (Wildman–Crippen LogP) is 2.51. The number of unbranched alkanes of at least 4 members (excludes halogenated alkanes) is 1. The zero-order chi connectivity index (χ0) is 24.7. The number of carbonyl (C=O) groups excluding carboxylic acids is 1. The minimum atomic E-state index is -0.179. The van der Waals surface area contributed by atoms with E-state index in [-0.39, 0.29) is 5.91 Å². The van der Waals surface area contributed by atoms with Crippen molar-refractivity contribution < 1.29 is 14.3 Å². The molecule has 0 saturated heterocycles. The van der Waals surface area contributed by atoms with E-state index >= 15 is 0 Å². The van der Waals surface area contributed by atoms with Gasteiger partial charge in [0, 0.05) is 36.9 Å². The van der Waals surface area contributed by atoms with Crippen molar-refractivity contribution in [3.05, 3.63) is 29.8 Å². The summed E-state index contributed by atoms with van der Waals surface area (Å²) in [4.78, 5) is 26.1. The van der Waals surface area contributed by atoms with Crippen LogP contribution in [0.3, 0.4) is 0 Å². The predicted molar refractivity (Wildman–Crippen MR) is 137 cm³/mol. The summed E-state index contributed by atoms with van der Waals surface area (Å²) in [7, 11) is 0. The molecule has 1 fully saturated rings. The Morgan fingerprint density at radius 1 is 1.03 bits per heavy atom. The molecule has 0 spiro atoms. The largest absolute Gasteiger partial charge is 0.378 e. The number of ether oxygens (including phenoxy) is 2. The van der Waals surface area contributed by atoms with E-state index in [0.717, 1.165) is 32.2 Å². The van der Waals surface area contributed by atoms with Gasteiger partial charge in [0.15, 0.2) is 0 Å². The van der Waals surface area contributed by atoms with Crippen LogP contribution in [-0.4, -0.2) is 73.0 Å². The molecule has 1 aliphatic rings. The molecule has 0 bridgehead atoms. The Bertz CT molecular complexity index is 910. The van der Waals surface area contributed by atoms with E-state index in [9.17, 15) is 4.79 Å². The highest BCUT2D eigenvalue weighted by atomic mass is 16.5. The lowest BCUT2D eigenvalue weighted by molar-refractivity contribution is 0.0511. The maximum Gasteiger partial charge on any atom is 0.251 e. The van der Waals surface area contributed by atoms with Crippen LogP contribution in [0.4, 0.5) is 23.5 Å². The van der Waals surface area contributed by atoms with E-state index in [1.54, 1.807) is 12.1 Å². The number of nitrogens with two attached hydrogens (primary N) is 1. The third kappa shape index (κ3) is 9.63. The summed E-state index contributed by atoms with van der Waals surface area (Å²) in [5, 5.41) is 12.7. The van der Waals surface area contributed by atoms with E-state index in [1.807, 2.05) is 12.1 Å². The van der Waals surface area contributed by atoms with Gasteiger partial charge in [0.1, 0.15) is 0 Å². The number of aromatic nitrogens is 3. The molecule has 11 heteroatoms. The van der Waals surface area contributed by atoms with E-state index in [2.05, 4.69) is 43.1 Å². The molecule has 1 aliphatic carbocycles. The number of hydrogen-bond acceptors (Lipinski definition) is 10. The summed E-state index contributed by atoms with van der Waals surface area (Å²) < 4.78 is 10.7. The van der Waals surface area contributed by atoms with E-state index < -0.39 is 0 Å². The van der Waals surface area contributed by atoms with Gasteiger partial charge in [-0.25, -0.2) is 0 Å². The fraction of sp³-hybridized carbons (Fsp3) is 0.583. The minimum Gasteiger partial charge on any atom is -0.378 e. The number of hydrogen-bond donors (Lipinski definition) is 5. The second-order valence-corrected chi connectivity index (χ2v) is 8.33. The fourth-order valence-corrected chi connectivity index (χ4v) is 3.30. The van der Waals surface area contributed by atoms with E-state index in [1.165, 1.54) is 6.42 Å². The topological polar surface area (TPSA) is 148 Å². The first-order valence-electron chi connectivity index (χ1n) is 12.4. The zero-order valence-corrected chi connectivity index (χ0v) is 20.5. The molecule has 1 aromatic carbocycles. The van der Waals surface area contributed by atoms with Gasteiger partial charge in [-0.2, -0.15) is 15.0 Å². The van der Waals surface area contributed by atoms with E-state index in [4.69, 9.17) is 15.2 Å². The Morgan fingerprint density at radius 2 is 1.80 bits per heavy atom. The average Bonchev–Trinajstić information content (AvgIpc) is 2.83. The molecule has 0 unspecified atom stereocenters. The highest BCUT2D eigenvalue weighted by Gasteiger charge is 2.19. The van der Waals surface area contributed by atoms with Gasteiger partial charge in [0.2, 0.25) is 17.8 Å². The minimum absolute atomic E-state index is 0.179. The van der Waals surface area contributed by atoms with Crippen LogP contribution >= 0.6 is 0 Å². The van der Waals surface area contributed by atoms with Gasteiger partial charge < -0.3 is 36.5 Å². The summed E-state index contributed by atoms with van der Waals surface area (Å²) in [6.45, 7) is 5.72. The number of nitrogens with one attached hydrogen (secondary N) is 4. The van der Waals surface area contributed by atoms with Crippen molar-refractivity contribution in [2.45, 2.75) is 45.1 Å². The van der Waals surface area contributed by atoms with Crippen molar-refractivity contribution in [1.82, 2.24) is 20.3 Å². The average molecular weight is 487 g/mol. The van der Waals surface area contributed by atoms with Crippen LogP contribution in [0.15, 0.2) is 24.3 Å². The Morgan fingerprint density at radius 3 is 2.54 bits per heavy atom. The molecule has 192 valence electrons. The van der Waals surface area contributed by atoms with Gasteiger partial charge in [-0.15, -0.1) is 0 Å². The van der Waals surface area contributed by atoms with Crippen LogP contribution in [-0.2, 0) is 9.47 Å². The molecule has 11 nitrogen and oxygen atoms in total. The Kier molecular flexibility index (Phi) is 11.4. The highest BCUT2D eigenvalue weighted by Crippen LogP contribution is 2.23. The van der Waals surface area contributed by atoms with Crippen molar-refractivity contribution >= 4 is 29.4 Å². The second-order valence-electron chi connectivity index (χ2n) is 8.33. The van der Waals surface area contributed by atoms with Crippen molar-refractivity contribution in [2.24, 2.45) is 5.73 Å². The number of carbonyl (C=O) groups is 1. The van der Waals surface area contributed by atoms with Crippen molar-refractivity contribution in [2.75, 3.05) is 62.0 Å². The summed E-state index contributed by atoms with van der Waals surface area (Å²) >= 11 is 0. The molecule has 35 heavy (non-hydrogen) atoms. The molecule has 1 saturated carbocycles. The van der Waals surface area contributed by atoms with Gasteiger partial charge in [0.05, 0.1) is 26.4 Å². The molecule has 3 rings (SSSR count). The number of anilines is 4. The molecule has 0 aliphatic heterocycles. The third-order valence-electron chi connectivity index (χ3n) is 5.43. The molecule has 0 atom stereocenters. The van der Waals surface area contributed by atoms with Gasteiger partial charge in [-0.1, -0.05) is 19.4 Å². The molecule has 1 aromatic heterocycles.